The summed E-state index contributed by atoms with van der Waals surface area (Å²) in [6, 6.07) is 2.05. The Morgan fingerprint density at radius 3 is 2.31 bits per heavy atom. The van der Waals surface area contributed by atoms with Crippen LogP contribution in [0, 0.1) is 0 Å². The van der Waals surface area contributed by atoms with Crippen LogP contribution in [0.25, 0.3) is 0 Å². The molecule has 0 unspecified atom stereocenters. The van der Waals surface area contributed by atoms with Gasteiger partial charge in [-0.1, -0.05) is 20.8 Å². The van der Waals surface area contributed by atoms with Crippen molar-refractivity contribution in [1.82, 2.24) is 9.97 Å². The van der Waals surface area contributed by atoms with E-state index in [1.54, 1.807) is 0 Å². The van der Waals surface area contributed by atoms with Crippen LogP contribution in [0.5, 0.6) is 0 Å². The van der Waals surface area contributed by atoms with Crippen LogP contribution in [0.15, 0.2) is 6.07 Å². The van der Waals surface area contributed by atoms with Crippen molar-refractivity contribution in [2.24, 2.45) is 0 Å². The van der Waals surface area contributed by atoms with Gasteiger partial charge in [-0.15, -0.1) is 0 Å². The van der Waals surface area contributed by atoms with Crippen LogP contribution in [-0.2, 0) is 6.42 Å². The van der Waals surface area contributed by atoms with Crippen LogP contribution in [0.3, 0.4) is 0 Å². The summed E-state index contributed by atoms with van der Waals surface area (Å²) in [6.07, 6.45) is 3.18. The Hall–Kier alpha value is -1.12. The third kappa shape index (κ3) is 3.19. The molecule has 0 saturated heterocycles. The summed E-state index contributed by atoms with van der Waals surface area (Å²) in [7, 11) is 0. The van der Waals surface area contributed by atoms with E-state index in [0.29, 0.717) is 5.92 Å². The van der Waals surface area contributed by atoms with Crippen LogP contribution < -0.4 is 5.32 Å². The molecule has 0 aromatic carbocycles. The van der Waals surface area contributed by atoms with Crippen LogP contribution in [0.1, 0.15) is 58.0 Å². The molecule has 0 aliphatic heterocycles. The predicted molar refractivity (Wildman–Crippen MR) is 68.9 cm³/mol. The highest BCUT2D eigenvalue weighted by Gasteiger charge is 2.12. The fourth-order valence-corrected chi connectivity index (χ4v) is 1.81. The largest absolute Gasteiger partial charge is 0.370 e. The Morgan fingerprint density at radius 2 is 1.81 bits per heavy atom. The molecule has 0 radical (unpaired) electrons. The molecule has 1 N–H and O–H groups in total. The third-order valence-corrected chi connectivity index (χ3v) is 2.87. The van der Waals surface area contributed by atoms with Gasteiger partial charge in [0.1, 0.15) is 11.6 Å². The number of nitrogens with zero attached hydrogens (tertiary/aromatic N) is 2. The second-order valence-corrected chi connectivity index (χ2v) is 4.00. The van der Waals surface area contributed by atoms with Crippen molar-refractivity contribution in [3.63, 3.8) is 0 Å². The Balaban J connectivity index is 3.02. The van der Waals surface area contributed by atoms with Gasteiger partial charge in [-0.2, -0.15) is 0 Å². The lowest BCUT2D eigenvalue weighted by Gasteiger charge is -2.14. The van der Waals surface area contributed by atoms with Gasteiger partial charge in [0.05, 0.1) is 0 Å². The zero-order valence-corrected chi connectivity index (χ0v) is 10.9. The summed E-state index contributed by atoms with van der Waals surface area (Å²) < 4.78 is 0. The zero-order valence-electron chi connectivity index (χ0n) is 10.9. The van der Waals surface area contributed by atoms with E-state index in [0.717, 1.165) is 43.1 Å². The SMILES string of the molecule is CCNc1cc(CC)nc(C(CC)CC)n1. The summed E-state index contributed by atoms with van der Waals surface area (Å²) in [4.78, 5) is 9.22. The lowest BCUT2D eigenvalue weighted by atomic mass is 10.0. The molecule has 0 atom stereocenters. The van der Waals surface area contributed by atoms with Crippen LogP contribution in [-0.4, -0.2) is 16.5 Å². The minimum absolute atomic E-state index is 0.490. The minimum Gasteiger partial charge on any atom is -0.370 e. The number of rotatable bonds is 6. The number of hydrogen-bond acceptors (Lipinski definition) is 3. The average Bonchev–Trinajstić information content (AvgIpc) is 2.31. The molecule has 0 amide bonds. The molecule has 0 aliphatic rings. The fraction of sp³-hybridized carbons (Fsp3) is 0.692. The molecule has 0 bridgehead atoms. The average molecular weight is 221 g/mol. The van der Waals surface area contributed by atoms with Crippen LogP contribution >= 0.6 is 0 Å². The standard InChI is InChI=1S/C13H23N3/c1-5-10(6-2)13-15-11(7-3)9-12(16-13)14-8-4/h9-10H,5-8H2,1-4H3,(H,14,15,16). The number of hydrogen-bond donors (Lipinski definition) is 1. The smallest absolute Gasteiger partial charge is 0.134 e. The van der Waals surface area contributed by atoms with Crippen molar-refractivity contribution in [2.45, 2.75) is 52.9 Å². The summed E-state index contributed by atoms with van der Waals surface area (Å²) >= 11 is 0. The first-order valence-corrected chi connectivity index (χ1v) is 6.36. The molecule has 0 spiro atoms. The van der Waals surface area contributed by atoms with Gasteiger partial charge < -0.3 is 5.32 Å². The maximum absolute atomic E-state index is 4.63. The fourth-order valence-electron chi connectivity index (χ4n) is 1.81. The van der Waals surface area contributed by atoms with Gasteiger partial charge in [0.15, 0.2) is 0 Å². The summed E-state index contributed by atoms with van der Waals surface area (Å²) in [6.45, 7) is 9.52. The molecule has 1 heterocycles. The van der Waals surface area contributed by atoms with E-state index < -0.39 is 0 Å². The Morgan fingerprint density at radius 1 is 1.12 bits per heavy atom. The van der Waals surface area contributed by atoms with Gasteiger partial charge in [-0.25, -0.2) is 9.97 Å². The molecule has 1 aromatic heterocycles. The van der Waals surface area contributed by atoms with E-state index in [2.05, 4.69) is 49.0 Å². The van der Waals surface area contributed by atoms with Crippen LogP contribution in [0.4, 0.5) is 5.82 Å². The minimum atomic E-state index is 0.490. The van der Waals surface area contributed by atoms with Gasteiger partial charge in [-0.3, -0.25) is 0 Å². The topological polar surface area (TPSA) is 37.8 Å². The van der Waals surface area contributed by atoms with Crippen molar-refractivity contribution in [3.05, 3.63) is 17.6 Å². The maximum Gasteiger partial charge on any atom is 0.134 e. The molecule has 1 aromatic rings. The number of nitrogens with one attached hydrogen (secondary N) is 1. The van der Waals surface area contributed by atoms with Gasteiger partial charge in [0, 0.05) is 24.2 Å². The monoisotopic (exact) mass is 221 g/mol. The first kappa shape index (κ1) is 12.9. The maximum atomic E-state index is 4.63. The van der Waals surface area contributed by atoms with Crippen molar-refractivity contribution in [3.8, 4) is 0 Å². The lowest BCUT2D eigenvalue weighted by Crippen LogP contribution is -2.09. The summed E-state index contributed by atoms with van der Waals surface area (Å²) in [5, 5.41) is 3.27. The normalized spacial score (nSPS) is 10.8. The predicted octanol–water partition coefficient (Wildman–Crippen LogP) is 3.37. The van der Waals surface area contributed by atoms with E-state index in [-0.39, 0.29) is 0 Å². The van der Waals surface area contributed by atoms with Gasteiger partial charge >= 0.3 is 0 Å². The van der Waals surface area contributed by atoms with E-state index >= 15 is 0 Å². The molecule has 1 rings (SSSR count). The van der Waals surface area contributed by atoms with Crippen molar-refractivity contribution in [2.75, 3.05) is 11.9 Å². The number of anilines is 1. The van der Waals surface area contributed by atoms with Crippen molar-refractivity contribution < 1.29 is 0 Å². The summed E-state index contributed by atoms with van der Waals surface area (Å²) in [5.41, 5.74) is 1.13. The van der Waals surface area contributed by atoms with E-state index in [4.69, 9.17) is 0 Å². The van der Waals surface area contributed by atoms with Gasteiger partial charge in [0.2, 0.25) is 0 Å². The molecule has 3 heteroatoms. The Kier molecular flexibility index (Phi) is 5.23. The second-order valence-electron chi connectivity index (χ2n) is 4.00. The molecule has 0 fully saturated rings. The van der Waals surface area contributed by atoms with E-state index in [1.807, 2.05) is 0 Å². The lowest BCUT2D eigenvalue weighted by molar-refractivity contribution is 0.598. The molecule has 16 heavy (non-hydrogen) atoms. The molecular formula is C13H23N3. The first-order valence-electron chi connectivity index (χ1n) is 6.36. The van der Waals surface area contributed by atoms with Gasteiger partial charge in [0.25, 0.3) is 0 Å². The summed E-state index contributed by atoms with van der Waals surface area (Å²) in [5.74, 6) is 2.46. The third-order valence-electron chi connectivity index (χ3n) is 2.87. The highest BCUT2D eigenvalue weighted by Crippen LogP contribution is 2.21. The molecule has 0 aliphatic carbocycles. The van der Waals surface area contributed by atoms with Gasteiger partial charge in [-0.05, 0) is 26.2 Å². The molecule has 90 valence electrons. The molecule has 3 nitrogen and oxygen atoms in total. The first-order chi connectivity index (χ1) is 7.74. The van der Waals surface area contributed by atoms with Crippen molar-refractivity contribution >= 4 is 5.82 Å². The number of aromatic nitrogens is 2. The second kappa shape index (κ2) is 6.46. The highest BCUT2D eigenvalue weighted by molar-refractivity contribution is 5.36. The zero-order chi connectivity index (χ0) is 12.0. The quantitative estimate of drug-likeness (QED) is 0.800. The van der Waals surface area contributed by atoms with E-state index in [1.165, 1.54) is 0 Å². The Bertz CT molecular complexity index is 319. The van der Waals surface area contributed by atoms with Crippen LogP contribution in [0.2, 0.25) is 0 Å². The highest BCUT2D eigenvalue weighted by atomic mass is 15.0. The number of aryl methyl sites for hydroxylation is 1. The van der Waals surface area contributed by atoms with E-state index in [9.17, 15) is 0 Å². The van der Waals surface area contributed by atoms with Crippen molar-refractivity contribution in [1.29, 1.82) is 0 Å². The Labute approximate surface area is 98.7 Å². The molecular weight excluding hydrogens is 198 g/mol. The molecule has 0 saturated carbocycles.